The van der Waals surface area contributed by atoms with Crippen LogP contribution in [0, 0.1) is 0 Å². The fourth-order valence-corrected chi connectivity index (χ4v) is 1.71. The Balaban J connectivity index is 2.43. The Morgan fingerprint density at radius 2 is 2.07 bits per heavy atom. The fourth-order valence-electron chi connectivity index (χ4n) is 1.31. The second-order valence-electron chi connectivity index (χ2n) is 2.97. The minimum absolute atomic E-state index is 0.597. The summed E-state index contributed by atoms with van der Waals surface area (Å²) in [5.74, 6) is 0. The highest BCUT2D eigenvalue weighted by Gasteiger charge is 2.00. The molecule has 0 saturated carbocycles. The highest BCUT2D eigenvalue weighted by Crippen LogP contribution is 2.23. The summed E-state index contributed by atoms with van der Waals surface area (Å²) < 4.78 is 1.03. The number of hydrogen-bond acceptors (Lipinski definition) is 1. The zero-order valence-corrected chi connectivity index (χ0v) is 8.91. The van der Waals surface area contributed by atoms with Gasteiger partial charge in [0.05, 0.1) is 5.69 Å². The van der Waals surface area contributed by atoms with Crippen LogP contribution in [0.4, 0.5) is 0 Å². The highest BCUT2D eigenvalue weighted by atomic mass is 79.9. The Hall–Kier alpha value is -1.35. The van der Waals surface area contributed by atoms with E-state index in [0.717, 1.165) is 21.9 Å². The Bertz CT molecular complexity index is 462. The largest absolute Gasteiger partial charge is 0.358 e. The highest BCUT2D eigenvalue weighted by molar-refractivity contribution is 9.10. The van der Waals surface area contributed by atoms with Gasteiger partial charge in [-0.25, -0.2) is 0 Å². The van der Waals surface area contributed by atoms with Gasteiger partial charge in [0.1, 0.15) is 0 Å². The maximum Gasteiger partial charge on any atom is 0.166 e. The Labute approximate surface area is 90.1 Å². The lowest BCUT2D eigenvalue weighted by molar-refractivity contribution is 0.111. The zero-order chi connectivity index (χ0) is 9.97. The topological polar surface area (TPSA) is 32.9 Å². The number of carbonyl (C=O) groups is 1. The molecule has 0 amide bonds. The number of halogens is 1. The van der Waals surface area contributed by atoms with Crippen molar-refractivity contribution < 1.29 is 4.79 Å². The minimum atomic E-state index is 0.597. The fraction of sp³-hybridized carbons (Fsp3) is 0. The van der Waals surface area contributed by atoms with E-state index in [1.54, 1.807) is 0 Å². The third-order valence-electron chi connectivity index (χ3n) is 1.99. The molecule has 14 heavy (non-hydrogen) atoms. The van der Waals surface area contributed by atoms with Crippen LogP contribution in [0.15, 0.2) is 41.0 Å². The number of aldehydes is 1. The number of benzene rings is 1. The van der Waals surface area contributed by atoms with Crippen LogP contribution in [0.2, 0.25) is 0 Å². The molecule has 2 rings (SSSR count). The van der Waals surface area contributed by atoms with Crippen molar-refractivity contribution in [1.29, 1.82) is 0 Å². The molecule has 0 unspecified atom stereocenters. The van der Waals surface area contributed by atoms with Crippen molar-refractivity contribution >= 4 is 22.2 Å². The number of nitrogens with one attached hydrogen (secondary N) is 1. The number of carbonyl (C=O) groups excluding carboxylic acids is 1. The van der Waals surface area contributed by atoms with Crippen LogP contribution < -0.4 is 0 Å². The van der Waals surface area contributed by atoms with Gasteiger partial charge >= 0.3 is 0 Å². The molecule has 0 bridgehead atoms. The number of rotatable bonds is 2. The van der Waals surface area contributed by atoms with E-state index < -0.39 is 0 Å². The molecule has 0 aliphatic heterocycles. The molecule has 1 N–H and O–H groups in total. The number of H-pyrrole nitrogens is 1. The molecule has 2 nitrogen and oxygen atoms in total. The zero-order valence-electron chi connectivity index (χ0n) is 7.33. The van der Waals surface area contributed by atoms with Gasteiger partial charge in [0.15, 0.2) is 6.29 Å². The van der Waals surface area contributed by atoms with E-state index in [4.69, 9.17) is 0 Å². The molecule has 70 valence electrons. The number of aromatic nitrogens is 1. The molecule has 0 fully saturated rings. The average Bonchev–Trinajstić information content (AvgIpc) is 2.66. The van der Waals surface area contributed by atoms with Crippen LogP contribution in [-0.2, 0) is 0 Å². The van der Waals surface area contributed by atoms with E-state index in [2.05, 4.69) is 20.9 Å². The predicted molar refractivity (Wildman–Crippen MR) is 59.3 cm³/mol. The lowest BCUT2D eigenvalue weighted by Crippen LogP contribution is -1.74. The predicted octanol–water partition coefficient (Wildman–Crippen LogP) is 3.26. The van der Waals surface area contributed by atoms with Gasteiger partial charge in [-0.15, -0.1) is 0 Å². The average molecular weight is 250 g/mol. The first-order valence-electron chi connectivity index (χ1n) is 4.19. The summed E-state index contributed by atoms with van der Waals surface area (Å²) in [4.78, 5) is 13.4. The molecule has 0 spiro atoms. The molecule has 0 atom stereocenters. The first kappa shape index (κ1) is 9.21. The lowest BCUT2D eigenvalue weighted by Gasteiger charge is -1.96. The molecule has 0 aliphatic rings. The van der Waals surface area contributed by atoms with Crippen molar-refractivity contribution in [2.24, 2.45) is 0 Å². The second-order valence-corrected chi connectivity index (χ2v) is 3.89. The summed E-state index contributed by atoms with van der Waals surface area (Å²) in [6.07, 6.45) is 2.63. The molecule has 0 saturated heterocycles. The third-order valence-corrected chi connectivity index (χ3v) is 2.48. The Morgan fingerprint density at radius 3 is 2.71 bits per heavy atom. The second kappa shape index (κ2) is 3.80. The maximum atomic E-state index is 10.5. The SMILES string of the molecule is O=Cc1cc(-c2cccc(Br)c2)c[nH]1. The first-order chi connectivity index (χ1) is 6.79. The van der Waals surface area contributed by atoms with Crippen molar-refractivity contribution in [2.75, 3.05) is 0 Å². The van der Waals surface area contributed by atoms with Crippen molar-refractivity contribution in [3.05, 3.63) is 46.7 Å². The minimum Gasteiger partial charge on any atom is -0.358 e. The summed E-state index contributed by atoms with van der Waals surface area (Å²) >= 11 is 3.40. The van der Waals surface area contributed by atoms with Gasteiger partial charge in [-0.05, 0) is 29.3 Å². The van der Waals surface area contributed by atoms with Crippen molar-refractivity contribution in [2.45, 2.75) is 0 Å². The van der Waals surface area contributed by atoms with Crippen molar-refractivity contribution in [1.82, 2.24) is 4.98 Å². The van der Waals surface area contributed by atoms with Gasteiger partial charge < -0.3 is 4.98 Å². The van der Waals surface area contributed by atoms with Crippen LogP contribution in [0.3, 0.4) is 0 Å². The molecule has 0 radical (unpaired) electrons. The van der Waals surface area contributed by atoms with Crippen molar-refractivity contribution in [3.8, 4) is 11.1 Å². The van der Waals surface area contributed by atoms with Gasteiger partial charge in [0, 0.05) is 10.7 Å². The third kappa shape index (κ3) is 1.77. The molecule has 1 aromatic heterocycles. The summed E-state index contributed by atoms with van der Waals surface area (Å²) in [5, 5.41) is 0. The molecule has 1 heterocycles. The maximum absolute atomic E-state index is 10.5. The first-order valence-corrected chi connectivity index (χ1v) is 4.98. The lowest BCUT2D eigenvalue weighted by atomic mass is 10.1. The van der Waals surface area contributed by atoms with Crippen LogP contribution in [0.1, 0.15) is 10.5 Å². The summed E-state index contributed by atoms with van der Waals surface area (Å²) in [7, 11) is 0. The van der Waals surface area contributed by atoms with E-state index >= 15 is 0 Å². The van der Waals surface area contributed by atoms with Gasteiger partial charge in [0.25, 0.3) is 0 Å². The standard InChI is InChI=1S/C11H8BrNO/c12-10-3-1-2-8(4-10)9-5-11(7-14)13-6-9/h1-7,13H. The molecule has 1 aromatic carbocycles. The molecule has 3 heteroatoms. The summed E-state index contributed by atoms with van der Waals surface area (Å²) in [6, 6.07) is 9.78. The summed E-state index contributed by atoms with van der Waals surface area (Å²) in [5.41, 5.74) is 2.71. The van der Waals surface area contributed by atoms with E-state index in [1.165, 1.54) is 0 Å². The van der Waals surface area contributed by atoms with Crippen LogP contribution in [-0.4, -0.2) is 11.3 Å². The quantitative estimate of drug-likeness (QED) is 0.815. The molecule has 2 aromatic rings. The van der Waals surface area contributed by atoms with Gasteiger partial charge in [-0.2, -0.15) is 0 Å². The van der Waals surface area contributed by atoms with E-state index in [1.807, 2.05) is 36.5 Å². The molecular weight excluding hydrogens is 242 g/mol. The molecule has 0 aliphatic carbocycles. The normalized spacial score (nSPS) is 10.1. The summed E-state index contributed by atoms with van der Waals surface area (Å²) in [6.45, 7) is 0. The number of hydrogen-bond donors (Lipinski definition) is 1. The van der Waals surface area contributed by atoms with E-state index in [9.17, 15) is 4.79 Å². The van der Waals surface area contributed by atoms with E-state index in [-0.39, 0.29) is 0 Å². The van der Waals surface area contributed by atoms with Crippen molar-refractivity contribution in [3.63, 3.8) is 0 Å². The van der Waals surface area contributed by atoms with Crippen LogP contribution >= 0.6 is 15.9 Å². The van der Waals surface area contributed by atoms with Gasteiger partial charge in [-0.3, -0.25) is 4.79 Å². The van der Waals surface area contributed by atoms with Gasteiger partial charge in [-0.1, -0.05) is 28.1 Å². The Kier molecular flexibility index (Phi) is 2.50. The number of aromatic amines is 1. The van der Waals surface area contributed by atoms with Gasteiger partial charge in [0.2, 0.25) is 0 Å². The van der Waals surface area contributed by atoms with Crippen LogP contribution in [0.25, 0.3) is 11.1 Å². The van der Waals surface area contributed by atoms with Crippen LogP contribution in [0.5, 0.6) is 0 Å². The van der Waals surface area contributed by atoms with E-state index in [0.29, 0.717) is 5.69 Å². The monoisotopic (exact) mass is 249 g/mol. The Morgan fingerprint density at radius 1 is 1.21 bits per heavy atom. The molecular formula is C11H8BrNO. The smallest absolute Gasteiger partial charge is 0.166 e.